The van der Waals surface area contributed by atoms with Gasteiger partial charge in [0.2, 0.25) is 0 Å². The molecule has 3 aromatic heterocycles. The van der Waals surface area contributed by atoms with Crippen LogP contribution >= 0.6 is 11.3 Å². The summed E-state index contributed by atoms with van der Waals surface area (Å²) in [4.78, 5) is 26.6. The minimum absolute atomic E-state index is 0.151. The Labute approximate surface area is 137 Å². The van der Waals surface area contributed by atoms with Gasteiger partial charge in [-0.25, -0.2) is 15.0 Å². The van der Waals surface area contributed by atoms with Crippen LogP contribution in [0.25, 0.3) is 11.3 Å². The van der Waals surface area contributed by atoms with E-state index in [0.717, 1.165) is 11.3 Å². The second-order valence-electron chi connectivity index (χ2n) is 5.15. The van der Waals surface area contributed by atoms with Crippen LogP contribution in [0.15, 0.2) is 27.7 Å². The Bertz CT molecular complexity index is 828. The number of aromatic nitrogens is 4. The summed E-state index contributed by atoms with van der Waals surface area (Å²) in [5, 5.41) is 5.62. The standard InChI is InChI=1S/C15H15N5O2S/c1-9-4-14(22-19-9)11-5-16-10(2)18-12(11)6-20(3)15(21)13-7-23-8-17-13/h4-5,7-8H,6H2,1-3H3. The highest BCUT2D eigenvalue weighted by molar-refractivity contribution is 7.07. The van der Waals surface area contributed by atoms with Gasteiger partial charge in [-0.1, -0.05) is 5.16 Å². The zero-order valence-electron chi connectivity index (χ0n) is 13.0. The SMILES string of the molecule is Cc1cc(-c2cnc(C)nc2CN(C)C(=O)c2cscn2)on1. The third-order valence-electron chi connectivity index (χ3n) is 3.27. The van der Waals surface area contributed by atoms with Crippen molar-refractivity contribution in [3.63, 3.8) is 0 Å². The molecule has 0 saturated carbocycles. The van der Waals surface area contributed by atoms with Crippen LogP contribution in [0.3, 0.4) is 0 Å². The maximum absolute atomic E-state index is 12.3. The molecule has 23 heavy (non-hydrogen) atoms. The smallest absolute Gasteiger partial charge is 0.273 e. The highest BCUT2D eigenvalue weighted by Crippen LogP contribution is 2.24. The number of hydrogen-bond donors (Lipinski definition) is 0. The third kappa shape index (κ3) is 3.26. The molecule has 118 valence electrons. The van der Waals surface area contributed by atoms with Gasteiger partial charge in [0.15, 0.2) is 5.76 Å². The second-order valence-corrected chi connectivity index (χ2v) is 5.86. The topological polar surface area (TPSA) is 85.0 Å². The fraction of sp³-hybridized carbons (Fsp3) is 0.267. The Morgan fingerprint density at radius 3 is 2.83 bits per heavy atom. The molecule has 7 nitrogen and oxygen atoms in total. The zero-order valence-corrected chi connectivity index (χ0v) is 13.8. The summed E-state index contributed by atoms with van der Waals surface area (Å²) in [6.45, 7) is 3.98. The van der Waals surface area contributed by atoms with E-state index in [-0.39, 0.29) is 5.91 Å². The molecule has 0 unspecified atom stereocenters. The van der Waals surface area contributed by atoms with Crippen LogP contribution in [0.4, 0.5) is 0 Å². The molecule has 0 aliphatic rings. The molecular weight excluding hydrogens is 314 g/mol. The number of rotatable bonds is 4. The Kier molecular flexibility index (Phi) is 4.16. The Morgan fingerprint density at radius 2 is 2.17 bits per heavy atom. The first-order valence-electron chi connectivity index (χ1n) is 6.94. The van der Waals surface area contributed by atoms with Gasteiger partial charge < -0.3 is 9.42 Å². The first-order chi connectivity index (χ1) is 11.0. The molecule has 8 heteroatoms. The van der Waals surface area contributed by atoms with Gasteiger partial charge in [0.25, 0.3) is 5.91 Å². The van der Waals surface area contributed by atoms with Gasteiger partial charge in [-0.3, -0.25) is 4.79 Å². The van der Waals surface area contributed by atoms with Gasteiger partial charge in [0, 0.05) is 24.7 Å². The Hall–Kier alpha value is -2.61. The lowest BCUT2D eigenvalue weighted by molar-refractivity contribution is 0.0778. The maximum atomic E-state index is 12.3. The molecule has 0 saturated heterocycles. The van der Waals surface area contributed by atoms with E-state index in [1.165, 1.54) is 11.3 Å². The molecule has 3 heterocycles. The summed E-state index contributed by atoms with van der Waals surface area (Å²) >= 11 is 1.39. The largest absolute Gasteiger partial charge is 0.356 e. The molecule has 0 atom stereocenters. The molecule has 0 fully saturated rings. The molecule has 0 aliphatic carbocycles. The van der Waals surface area contributed by atoms with E-state index in [0.29, 0.717) is 29.5 Å². The number of aryl methyl sites for hydroxylation is 2. The fourth-order valence-electron chi connectivity index (χ4n) is 2.14. The van der Waals surface area contributed by atoms with Gasteiger partial charge >= 0.3 is 0 Å². The van der Waals surface area contributed by atoms with Crippen molar-refractivity contribution < 1.29 is 9.32 Å². The number of carbonyl (C=O) groups excluding carboxylic acids is 1. The molecule has 3 aromatic rings. The molecule has 0 spiro atoms. The molecule has 3 rings (SSSR count). The highest BCUT2D eigenvalue weighted by Gasteiger charge is 2.18. The van der Waals surface area contributed by atoms with Crippen molar-refractivity contribution in [2.75, 3.05) is 7.05 Å². The summed E-state index contributed by atoms with van der Waals surface area (Å²) in [5.74, 6) is 1.07. The number of carbonyl (C=O) groups is 1. The molecule has 0 bridgehead atoms. The van der Waals surface area contributed by atoms with Gasteiger partial charge in [-0.05, 0) is 13.8 Å². The van der Waals surface area contributed by atoms with Crippen LogP contribution < -0.4 is 0 Å². The van der Waals surface area contributed by atoms with E-state index in [2.05, 4.69) is 20.1 Å². The lowest BCUT2D eigenvalue weighted by Crippen LogP contribution is -2.27. The predicted molar refractivity (Wildman–Crippen MR) is 84.9 cm³/mol. The molecule has 1 amide bonds. The van der Waals surface area contributed by atoms with E-state index >= 15 is 0 Å². The summed E-state index contributed by atoms with van der Waals surface area (Å²) in [7, 11) is 1.72. The second kappa shape index (κ2) is 6.25. The summed E-state index contributed by atoms with van der Waals surface area (Å²) in [6.07, 6.45) is 1.69. The van der Waals surface area contributed by atoms with Crippen LogP contribution in [-0.2, 0) is 6.54 Å². The Balaban J connectivity index is 1.90. The normalized spacial score (nSPS) is 10.7. The van der Waals surface area contributed by atoms with Gasteiger partial charge in [-0.2, -0.15) is 0 Å². The number of amides is 1. The lowest BCUT2D eigenvalue weighted by Gasteiger charge is -2.17. The number of hydrogen-bond acceptors (Lipinski definition) is 7. The van der Waals surface area contributed by atoms with Crippen LogP contribution in [0, 0.1) is 13.8 Å². The van der Waals surface area contributed by atoms with Crippen molar-refractivity contribution in [3.8, 4) is 11.3 Å². The van der Waals surface area contributed by atoms with Crippen molar-refractivity contribution in [2.24, 2.45) is 0 Å². The van der Waals surface area contributed by atoms with Crippen LogP contribution in [0.1, 0.15) is 27.7 Å². The molecule has 0 radical (unpaired) electrons. The van der Waals surface area contributed by atoms with Crippen LogP contribution in [-0.4, -0.2) is 38.0 Å². The van der Waals surface area contributed by atoms with E-state index in [1.54, 1.807) is 36.0 Å². The number of thiazole rings is 1. The molecule has 0 N–H and O–H groups in total. The molecule has 0 aromatic carbocycles. The summed E-state index contributed by atoms with van der Waals surface area (Å²) in [5.41, 5.74) is 4.28. The predicted octanol–water partition coefficient (Wildman–Crippen LogP) is 2.48. The minimum Gasteiger partial charge on any atom is -0.356 e. The third-order valence-corrected chi connectivity index (χ3v) is 3.85. The van der Waals surface area contributed by atoms with Gasteiger partial charge in [0.05, 0.1) is 29.0 Å². The molecule has 0 aliphatic heterocycles. The van der Waals surface area contributed by atoms with Gasteiger partial charge in [0.1, 0.15) is 11.5 Å². The number of nitrogens with zero attached hydrogens (tertiary/aromatic N) is 5. The fourth-order valence-corrected chi connectivity index (χ4v) is 2.67. The van der Waals surface area contributed by atoms with Crippen molar-refractivity contribution >= 4 is 17.2 Å². The minimum atomic E-state index is -0.151. The Morgan fingerprint density at radius 1 is 1.35 bits per heavy atom. The van der Waals surface area contributed by atoms with Crippen LogP contribution in [0.5, 0.6) is 0 Å². The maximum Gasteiger partial charge on any atom is 0.273 e. The lowest BCUT2D eigenvalue weighted by atomic mass is 10.1. The van der Waals surface area contributed by atoms with E-state index < -0.39 is 0 Å². The van der Waals surface area contributed by atoms with Crippen LogP contribution in [0.2, 0.25) is 0 Å². The average Bonchev–Trinajstić information content (AvgIpc) is 3.18. The summed E-state index contributed by atoms with van der Waals surface area (Å²) in [6, 6.07) is 1.82. The van der Waals surface area contributed by atoms with Crippen molar-refractivity contribution in [2.45, 2.75) is 20.4 Å². The van der Waals surface area contributed by atoms with E-state index in [4.69, 9.17) is 4.52 Å². The summed E-state index contributed by atoms with van der Waals surface area (Å²) < 4.78 is 5.30. The van der Waals surface area contributed by atoms with E-state index in [1.807, 2.05) is 13.0 Å². The van der Waals surface area contributed by atoms with Gasteiger partial charge in [-0.15, -0.1) is 11.3 Å². The zero-order chi connectivity index (χ0) is 16.4. The van der Waals surface area contributed by atoms with E-state index in [9.17, 15) is 4.79 Å². The monoisotopic (exact) mass is 329 g/mol. The quantitative estimate of drug-likeness (QED) is 0.731. The van der Waals surface area contributed by atoms with Crippen molar-refractivity contribution in [3.05, 3.63) is 46.1 Å². The highest BCUT2D eigenvalue weighted by atomic mass is 32.1. The molecular formula is C15H15N5O2S. The van der Waals surface area contributed by atoms with Crippen molar-refractivity contribution in [1.29, 1.82) is 0 Å². The average molecular weight is 329 g/mol. The van der Waals surface area contributed by atoms with Crippen molar-refractivity contribution in [1.82, 2.24) is 25.0 Å². The first-order valence-corrected chi connectivity index (χ1v) is 7.88. The first kappa shape index (κ1) is 15.3.